The van der Waals surface area contributed by atoms with Crippen molar-refractivity contribution in [2.45, 2.75) is 50.9 Å². The van der Waals surface area contributed by atoms with Crippen molar-refractivity contribution in [2.75, 3.05) is 6.54 Å². The number of fused-ring (bicyclic) bond motifs is 2. The molecule has 0 saturated carbocycles. The minimum atomic E-state index is -0.825. The van der Waals surface area contributed by atoms with Crippen LogP contribution in [0.15, 0.2) is 16.8 Å². The number of aliphatic hydroxyl groups excluding tert-OH is 1. The number of amides is 1. The lowest BCUT2D eigenvalue weighted by atomic mass is 9.84. The third-order valence-electron chi connectivity index (χ3n) is 4.78. The van der Waals surface area contributed by atoms with Crippen LogP contribution in [0, 0.1) is 0 Å². The first-order chi connectivity index (χ1) is 11.0. The van der Waals surface area contributed by atoms with Crippen LogP contribution in [-0.2, 0) is 4.79 Å². The number of aliphatic hydroxyl groups is 1. The second kappa shape index (κ2) is 4.92. The monoisotopic (exact) mass is 317 g/mol. The van der Waals surface area contributed by atoms with Crippen LogP contribution >= 0.6 is 0 Å². The Morgan fingerprint density at radius 2 is 2.00 bits per heavy atom. The fourth-order valence-electron chi connectivity index (χ4n) is 3.50. The Bertz CT molecular complexity index is 770. The van der Waals surface area contributed by atoms with Gasteiger partial charge in [0.2, 0.25) is 5.91 Å². The van der Waals surface area contributed by atoms with Crippen molar-refractivity contribution in [3.8, 4) is 5.75 Å². The molecule has 2 unspecified atom stereocenters. The zero-order chi connectivity index (χ0) is 16.2. The molecular formula is C16H19N3O4. The molecule has 7 nitrogen and oxygen atoms in total. The van der Waals surface area contributed by atoms with Crippen LogP contribution in [0.5, 0.6) is 5.75 Å². The highest BCUT2D eigenvalue weighted by Crippen LogP contribution is 2.44. The quantitative estimate of drug-likeness (QED) is 0.863. The summed E-state index contributed by atoms with van der Waals surface area (Å²) in [5.41, 5.74) is 1.14. The number of likely N-dealkylation sites (tertiary alicyclic amines) is 1. The number of hydrogen-bond donors (Lipinski definition) is 1. The first-order valence-corrected chi connectivity index (χ1v) is 7.90. The van der Waals surface area contributed by atoms with Gasteiger partial charge >= 0.3 is 0 Å². The molecule has 1 N–H and O–H groups in total. The van der Waals surface area contributed by atoms with E-state index in [1.165, 1.54) is 0 Å². The van der Waals surface area contributed by atoms with Gasteiger partial charge in [0.25, 0.3) is 0 Å². The molecule has 1 amide bonds. The Hall–Kier alpha value is -2.15. The van der Waals surface area contributed by atoms with Crippen LogP contribution in [0.4, 0.5) is 0 Å². The van der Waals surface area contributed by atoms with Gasteiger partial charge in [-0.25, -0.2) is 4.63 Å². The Morgan fingerprint density at radius 1 is 1.26 bits per heavy atom. The first kappa shape index (κ1) is 14.4. The highest BCUT2D eigenvalue weighted by molar-refractivity contribution is 5.80. The molecule has 122 valence electrons. The Morgan fingerprint density at radius 3 is 2.74 bits per heavy atom. The Labute approximate surface area is 133 Å². The van der Waals surface area contributed by atoms with E-state index in [-0.39, 0.29) is 5.91 Å². The van der Waals surface area contributed by atoms with Crippen molar-refractivity contribution in [2.24, 2.45) is 0 Å². The zero-order valence-corrected chi connectivity index (χ0v) is 13.2. The molecule has 2 atom stereocenters. The molecule has 2 aliphatic rings. The van der Waals surface area contributed by atoms with Gasteiger partial charge in [-0.15, -0.1) is 0 Å². The molecule has 0 radical (unpaired) electrons. The number of rotatable bonds is 1. The summed E-state index contributed by atoms with van der Waals surface area (Å²) in [6.07, 6.45) is 1.54. The molecule has 7 heteroatoms. The highest BCUT2D eigenvalue weighted by Gasteiger charge is 2.47. The van der Waals surface area contributed by atoms with E-state index in [1.807, 2.05) is 13.8 Å². The lowest BCUT2D eigenvalue weighted by Crippen LogP contribution is -2.55. The van der Waals surface area contributed by atoms with Crippen LogP contribution in [0.1, 0.15) is 44.7 Å². The van der Waals surface area contributed by atoms with Crippen molar-refractivity contribution in [1.82, 2.24) is 15.2 Å². The summed E-state index contributed by atoms with van der Waals surface area (Å²) in [6, 6.07) is 3.12. The number of carbonyl (C=O) groups excluding carboxylic acids is 1. The predicted octanol–water partition coefficient (Wildman–Crippen LogP) is 1.81. The van der Waals surface area contributed by atoms with Crippen molar-refractivity contribution in [3.63, 3.8) is 0 Å². The van der Waals surface area contributed by atoms with Gasteiger partial charge < -0.3 is 14.7 Å². The van der Waals surface area contributed by atoms with E-state index in [0.717, 1.165) is 18.4 Å². The standard InChI is InChI=1S/C16H19N3O4/c1-16(2)15(21)14(19-6-4-3-5-13(19)20)9-7-10-11(18-23-17-10)8-12(9)22-16/h7-8,14-15,21H,3-6H2,1-2H3. The Kier molecular flexibility index (Phi) is 3.09. The van der Waals surface area contributed by atoms with E-state index in [9.17, 15) is 9.90 Å². The van der Waals surface area contributed by atoms with Gasteiger partial charge in [-0.2, -0.15) is 0 Å². The predicted molar refractivity (Wildman–Crippen MR) is 80.8 cm³/mol. The van der Waals surface area contributed by atoms with Crippen LogP contribution in [-0.4, -0.2) is 44.5 Å². The van der Waals surface area contributed by atoms with E-state index in [0.29, 0.717) is 29.7 Å². The minimum absolute atomic E-state index is 0.0716. The SMILES string of the molecule is CC1(C)Oc2cc3nonc3cc2C(N2CCCCC2=O)C1O. The molecule has 23 heavy (non-hydrogen) atoms. The maximum absolute atomic E-state index is 12.4. The molecule has 3 heterocycles. The molecule has 4 rings (SSSR count). The zero-order valence-electron chi connectivity index (χ0n) is 13.2. The largest absolute Gasteiger partial charge is 0.485 e. The number of ether oxygens (including phenoxy) is 1. The normalized spacial score (nSPS) is 26.9. The molecule has 2 aliphatic heterocycles. The molecule has 1 saturated heterocycles. The van der Waals surface area contributed by atoms with E-state index < -0.39 is 17.7 Å². The molecule has 0 aliphatic carbocycles. The third kappa shape index (κ3) is 2.18. The van der Waals surface area contributed by atoms with E-state index >= 15 is 0 Å². The first-order valence-electron chi connectivity index (χ1n) is 7.90. The van der Waals surface area contributed by atoms with E-state index in [1.54, 1.807) is 17.0 Å². The molecule has 1 aromatic carbocycles. The number of carbonyl (C=O) groups is 1. The summed E-state index contributed by atoms with van der Waals surface area (Å²) in [5.74, 6) is 0.689. The topological polar surface area (TPSA) is 88.7 Å². The average Bonchev–Trinajstić information content (AvgIpc) is 2.95. The minimum Gasteiger partial charge on any atom is -0.485 e. The fourth-order valence-corrected chi connectivity index (χ4v) is 3.50. The fraction of sp³-hybridized carbons (Fsp3) is 0.562. The third-order valence-corrected chi connectivity index (χ3v) is 4.78. The van der Waals surface area contributed by atoms with Gasteiger partial charge in [-0.1, -0.05) is 0 Å². The van der Waals surface area contributed by atoms with Gasteiger partial charge in [0.1, 0.15) is 28.5 Å². The van der Waals surface area contributed by atoms with Crippen LogP contribution in [0.2, 0.25) is 0 Å². The van der Waals surface area contributed by atoms with Crippen LogP contribution < -0.4 is 4.74 Å². The maximum atomic E-state index is 12.4. The lowest BCUT2D eigenvalue weighted by Gasteiger charge is -2.47. The summed E-state index contributed by atoms with van der Waals surface area (Å²) in [4.78, 5) is 14.2. The molecule has 0 bridgehead atoms. The van der Waals surface area contributed by atoms with Gasteiger partial charge in [0, 0.05) is 24.6 Å². The summed E-state index contributed by atoms with van der Waals surface area (Å²) < 4.78 is 10.7. The van der Waals surface area contributed by atoms with Crippen LogP contribution in [0.3, 0.4) is 0 Å². The molecule has 0 spiro atoms. The maximum Gasteiger partial charge on any atom is 0.223 e. The number of aromatic nitrogens is 2. The van der Waals surface area contributed by atoms with Crippen molar-refractivity contribution < 1.29 is 19.3 Å². The number of nitrogens with zero attached hydrogens (tertiary/aromatic N) is 3. The summed E-state index contributed by atoms with van der Waals surface area (Å²) in [5, 5.41) is 18.6. The second-order valence-corrected chi connectivity index (χ2v) is 6.78. The van der Waals surface area contributed by atoms with Crippen LogP contribution in [0.25, 0.3) is 11.0 Å². The van der Waals surface area contributed by atoms with Gasteiger partial charge in [0.15, 0.2) is 0 Å². The molecule has 1 aromatic heterocycles. The lowest BCUT2D eigenvalue weighted by molar-refractivity contribution is -0.147. The number of piperidine rings is 1. The summed E-state index contributed by atoms with van der Waals surface area (Å²) in [6.45, 7) is 4.30. The smallest absolute Gasteiger partial charge is 0.223 e. The second-order valence-electron chi connectivity index (χ2n) is 6.78. The number of benzene rings is 1. The van der Waals surface area contributed by atoms with Gasteiger partial charge in [0.05, 0.1) is 6.04 Å². The van der Waals surface area contributed by atoms with E-state index in [2.05, 4.69) is 10.3 Å². The van der Waals surface area contributed by atoms with Gasteiger partial charge in [-0.3, -0.25) is 4.79 Å². The molecule has 1 fully saturated rings. The highest BCUT2D eigenvalue weighted by atomic mass is 16.6. The van der Waals surface area contributed by atoms with Crippen molar-refractivity contribution in [1.29, 1.82) is 0 Å². The van der Waals surface area contributed by atoms with Gasteiger partial charge in [-0.05, 0) is 43.1 Å². The summed E-state index contributed by atoms with van der Waals surface area (Å²) in [7, 11) is 0. The number of hydrogen-bond acceptors (Lipinski definition) is 6. The Balaban J connectivity index is 1.87. The van der Waals surface area contributed by atoms with E-state index in [4.69, 9.17) is 9.37 Å². The molecular weight excluding hydrogens is 298 g/mol. The average molecular weight is 317 g/mol. The summed E-state index contributed by atoms with van der Waals surface area (Å²) >= 11 is 0. The van der Waals surface area contributed by atoms with Crippen molar-refractivity contribution in [3.05, 3.63) is 17.7 Å². The molecule has 2 aromatic rings. The van der Waals surface area contributed by atoms with Crippen molar-refractivity contribution >= 4 is 16.9 Å².